The summed E-state index contributed by atoms with van der Waals surface area (Å²) in [5, 5.41) is 3.42. The fourth-order valence-corrected chi connectivity index (χ4v) is 1.82. The summed E-state index contributed by atoms with van der Waals surface area (Å²) < 4.78 is 1.25. The fourth-order valence-electron chi connectivity index (χ4n) is 1.69. The Hall–Kier alpha value is -2.01. The van der Waals surface area contributed by atoms with Crippen LogP contribution in [0.2, 0.25) is 0 Å². The maximum atomic E-state index is 12.0. The second kappa shape index (κ2) is 5.75. The Balaban J connectivity index is 2.63. The van der Waals surface area contributed by atoms with Gasteiger partial charge in [0, 0.05) is 12.7 Å². The van der Waals surface area contributed by atoms with Crippen LogP contribution in [-0.4, -0.2) is 20.0 Å². The molecule has 0 aliphatic carbocycles. The van der Waals surface area contributed by atoms with Crippen molar-refractivity contribution in [2.75, 3.05) is 0 Å². The number of carbonyl (C=O) groups is 1. The Labute approximate surface area is 114 Å². The van der Waals surface area contributed by atoms with E-state index in [2.05, 4.69) is 10.1 Å². The zero-order valence-electron chi connectivity index (χ0n) is 10.3. The molecule has 0 saturated carbocycles. The highest BCUT2D eigenvalue weighted by Gasteiger charge is 2.14. The standard InChI is InChI=1S/C13H12ClN3O2/c1-2-7-17-13(19)9(12(14)18)8-11(16-17)10-5-3-4-6-15-10/h3-6,8H,2,7H2,1H3. The van der Waals surface area contributed by atoms with E-state index in [1.807, 2.05) is 13.0 Å². The average Bonchev–Trinajstić information content (AvgIpc) is 2.42. The third kappa shape index (κ3) is 2.88. The summed E-state index contributed by atoms with van der Waals surface area (Å²) in [6.45, 7) is 2.35. The zero-order valence-corrected chi connectivity index (χ0v) is 11.1. The summed E-state index contributed by atoms with van der Waals surface area (Å²) in [5.41, 5.74) is 0.497. The van der Waals surface area contributed by atoms with Gasteiger partial charge in [-0.2, -0.15) is 5.10 Å². The molecule has 0 N–H and O–H groups in total. The van der Waals surface area contributed by atoms with E-state index in [1.54, 1.807) is 18.3 Å². The number of nitrogens with zero attached hydrogens (tertiary/aromatic N) is 3. The first-order chi connectivity index (χ1) is 9.13. The number of hydrogen-bond acceptors (Lipinski definition) is 4. The Morgan fingerprint density at radius 1 is 1.37 bits per heavy atom. The van der Waals surface area contributed by atoms with E-state index in [9.17, 15) is 9.59 Å². The summed E-state index contributed by atoms with van der Waals surface area (Å²) >= 11 is 5.44. The molecule has 2 aromatic rings. The van der Waals surface area contributed by atoms with Crippen molar-refractivity contribution in [1.82, 2.24) is 14.8 Å². The van der Waals surface area contributed by atoms with Gasteiger partial charge in [0.1, 0.15) is 11.3 Å². The van der Waals surface area contributed by atoms with E-state index in [4.69, 9.17) is 11.6 Å². The number of aromatic nitrogens is 3. The number of hydrogen-bond donors (Lipinski definition) is 0. The zero-order chi connectivity index (χ0) is 13.8. The van der Waals surface area contributed by atoms with Crippen molar-refractivity contribution < 1.29 is 4.79 Å². The van der Waals surface area contributed by atoms with Crippen molar-refractivity contribution in [3.63, 3.8) is 0 Å². The second-order valence-electron chi connectivity index (χ2n) is 3.96. The molecule has 0 unspecified atom stereocenters. The average molecular weight is 278 g/mol. The summed E-state index contributed by atoms with van der Waals surface area (Å²) in [7, 11) is 0. The highest BCUT2D eigenvalue weighted by atomic mass is 35.5. The number of aryl methyl sites for hydroxylation is 1. The molecule has 0 amide bonds. The Morgan fingerprint density at radius 3 is 2.74 bits per heavy atom. The minimum absolute atomic E-state index is 0.0780. The van der Waals surface area contributed by atoms with Crippen LogP contribution in [0.5, 0.6) is 0 Å². The Bertz CT molecular complexity index is 653. The molecule has 0 spiro atoms. The molecule has 98 valence electrons. The molecule has 0 fully saturated rings. The van der Waals surface area contributed by atoms with E-state index < -0.39 is 10.8 Å². The number of halogens is 1. The quantitative estimate of drug-likeness (QED) is 0.803. The first-order valence-electron chi connectivity index (χ1n) is 5.87. The monoisotopic (exact) mass is 277 g/mol. The molecular weight excluding hydrogens is 266 g/mol. The molecule has 6 heteroatoms. The van der Waals surface area contributed by atoms with Gasteiger partial charge < -0.3 is 0 Å². The molecule has 0 bridgehead atoms. The van der Waals surface area contributed by atoms with Crippen molar-refractivity contribution in [1.29, 1.82) is 0 Å². The molecule has 2 aromatic heterocycles. The third-order valence-corrected chi connectivity index (χ3v) is 2.75. The van der Waals surface area contributed by atoms with Gasteiger partial charge >= 0.3 is 0 Å². The highest BCUT2D eigenvalue weighted by molar-refractivity contribution is 6.67. The van der Waals surface area contributed by atoms with E-state index in [-0.39, 0.29) is 5.56 Å². The molecule has 19 heavy (non-hydrogen) atoms. The van der Waals surface area contributed by atoms with Gasteiger partial charge in [0.15, 0.2) is 0 Å². The number of rotatable bonds is 4. The predicted octanol–water partition coefficient (Wildman–Crippen LogP) is 2.09. The van der Waals surface area contributed by atoms with Crippen LogP contribution in [0.4, 0.5) is 0 Å². The van der Waals surface area contributed by atoms with Crippen LogP contribution >= 0.6 is 11.6 Å². The molecule has 0 radical (unpaired) electrons. The van der Waals surface area contributed by atoms with Gasteiger partial charge in [-0.15, -0.1) is 0 Å². The van der Waals surface area contributed by atoms with Crippen LogP contribution in [0.25, 0.3) is 11.4 Å². The maximum Gasteiger partial charge on any atom is 0.278 e. The van der Waals surface area contributed by atoms with Crippen molar-refractivity contribution in [2.45, 2.75) is 19.9 Å². The lowest BCUT2D eigenvalue weighted by Gasteiger charge is -2.07. The summed E-state index contributed by atoms with van der Waals surface area (Å²) in [6, 6.07) is 6.72. The molecule has 0 saturated heterocycles. The molecule has 5 nitrogen and oxygen atoms in total. The van der Waals surface area contributed by atoms with E-state index in [0.717, 1.165) is 6.42 Å². The number of carbonyl (C=O) groups excluding carboxylic acids is 1. The van der Waals surface area contributed by atoms with Gasteiger partial charge in [-0.3, -0.25) is 14.6 Å². The van der Waals surface area contributed by atoms with Crippen LogP contribution in [-0.2, 0) is 6.54 Å². The van der Waals surface area contributed by atoms with Crippen molar-refractivity contribution in [2.24, 2.45) is 0 Å². The van der Waals surface area contributed by atoms with Gasteiger partial charge in [-0.25, -0.2) is 4.68 Å². The van der Waals surface area contributed by atoms with Crippen LogP contribution in [0.15, 0.2) is 35.3 Å². The molecular formula is C13H12ClN3O2. The normalized spacial score (nSPS) is 10.4. The van der Waals surface area contributed by atoms with E-state index >= 15 is 0 Å². The van der Waals surface area contributed by atoms with Crippen LogP contribution in [0, 0.1) is 0 Å². The lowest BCUT2D eigenvalue weighted by atomic mass is 10.2. The smallest absolute Gasteiger partial charge is 0.275 e. The van der Waals surface area contributed by atoms with Crippen LogP contribution < -0.4 is 5.56 Å². The number of pyridine rings is 1. The molecule has 0 aromatic carbocycles. The summed E-state index contributed by atoms with van der Waals surface area (Å²) in [6.07, 6.45) is 2.35. The second-order valence-corrected chi connectivity index (χ2v) is 4.30. The first-order valence-corrected chi connectivity index (χ1v) is 6.24. The lowest BCUT2D eigenvalue weighted by molar-refractivity contribution is 0.107. The maximum absolute atomic E-state index is 12.0. The minimum atomic E-state index is -0.783. The minimum Gasteiger partial charge on any atom is -0.275 e. The van der Waals surface area contributed by atoms with Crippen molar-refractivity contribution >= 4 is 16.8 Å². The summed E-state index contributed by atoms with van der Waals surface area (Å²) in [5.74, 6) is 0. The molecule has 2 rings (SSSR count). The van der Waals surface area contributed by atoms with Gasteiger partial charge in [0.25, 0.3) is 10.8 Å². The van der Waals surface area contributed by atoms with Gasteiger partial charge in [-0.05, 0) is 36.2 Å². The highest BCUT2D eigenvalue weighted by Crippen LogP contribution is 2.13. The third-order valence-electron chi connectivity index (χ3n) is 2.55. The van der Waals surface area contributed by atoms with Gasteiger partial charge in [-0.1, -0.05) is 13.0 Å². The summed E-state index contributed by atoms with van der Waals surface area (Å²) in [4.78, 5) is 27.4. The van der Waals surface area contributed by atoms with Gasteiger partial charge in [0.05, 0.1) is 5.69 Å². The molecule has 0 aliphatic rings. The topological polar surface area (TPSA) is 64.8 Å². The van der Waals surface area contributed by atoms with E-state index in [1.165, 1.54) is 10.7 Å². The van der Waals surface area contributed by atoms with Crippen LogP contribution in [0.3, 0.4) is 0 Å². The van der Waals surface area contributed by atoms with E-state index in [0.29, 0.717) is 17.9 Å². The predicted molar refractivity (Wildman–Crippen MR) is 72.2 cm³/mol. The molecule has 2 heterocycles. The first kappa shape index (κ1) is 13.4. The van der Waals surface area contributed by atoms with Crippen molar-refractivity contribution in [3.8, 4) is 11.4 Å². The molecule has 0 atom stereocenters. The Kier molecular flexibility index (Phi) is 4.06. The van der Waals surface area contributed by atoms with Crippen molar-refractivity contribution in [3.05, 3.63) is 46.4 Å². The Morgan fingerprint density at radius 2 is 2.16 bits per heavy atom. The largest absolute Gasteiger partial charge is 0.278 e. The van der Waals surface area contributed by atoms with Gasteiger partial charge in [0.2, 0.25) is 0 Å². The lowest BCUT2D eigenvalue weighted by Crippen LogP contribution is -2.28. The SMILES string of the molecule is CCCn1nc(-c2ccccn2)cc(C(=O)Cl)c1=O. The van der Waals surface area contributed by atoms with Crippen LogP contribution in [0.1, 0.15) is 23.7 Å². The molecule has 0 aliphatic heterocycles. The fraction of sp³-hybridized carbons (Fsp3) is 0.231.